The van der Waals surface area contributed by atoms with Gasteiger partial charge in [0.2, 0.25) is 11.8 Å². The summed E-state index contributed by atoms with van der Waals surface area (Å²) in [6, 6.07) is 13.2. The summed E-state index contributed by atoms with van der Waals surface area (Å²) < 4.78 is 0.936. The second-order valence-electron chi connectivity index (χ2n) is 5.45. The number of hydrogen-bond acceptors (Lipinski definition) is 2. The zero-order valence-electron chi connectivity index (χ0n) is 13.4. The lowest BCUT2D eigenvalue weighted by molar-refractivity contribution is -0.120. The van der Waals surface area contributed by atoms with Gasteiger partial charge in [0.15, 0.2) is 0 Å². The molecule has 2 rings (SSSR count). The van der Waals surface area contributed by atoms with Gasteiger partial charge in [-0.25, -0.2) is 0 Å². The van der Waals surface area contributed by atoms with E-state index in [4.69, 9.17) is 0 Å². The van der Waals surface area contributed by atoms with Crippen LogP contribution in [0.5, 0.6) is 0 Å². The third-order valence-corrected chi connectivity index (χ3v) is 3.96. The molecule has 0 saturated heterocycles. The highest BCUT2D eigenvalue weighted by Crippen LogP contribution is 2.24. The second kappa shape index (κ2) is 7.42. The lowest BCUT2D eigenvalue weighted by Gasteiger charge is -2.22. The molecule has 2 aromatic carbocycles. The molecule has 4 nitrogen and oxygen atoms in total. The normalized spacial score (nSPS) is 10.3. The van der Waals surface area contributed by atoms with E-state index in [-0.39, 0.29) is 18.4 Å². The van der Waals surface area contributed by atoms with Crippen molar-refractivity contribution in [3.05, 3.63) is 58.1 Å². The molecule has 23 heavy (non-hydrogen) atoms. The van der Waals surface area contributed by atoms with Gasteiger partial charge in [0.25, 0.3) is 0 Å². The summed E-state index contributed by atoms with van der Waals surface area (Å²) >= 11 is 3.40. The summed E-state index contributed by atoms with van der Waals surface area (Å²) in [7, 11) is 0. The van der Waals surface area contributed by atoms with Crippen molar-refractivity contribution < 1.29 is 9.59 Å². The van der Waals surface area contributed by atoms with E-state index in [1.165, 1.54) is 11.8 Å². The van der Waals surface area contributed by atoms with Gasteiger partial charge in [-0.05, 0) is 49.7 Å². The van der Waals surface area contributed by atoms with E-state index in [2.05, 4.69) is 21.2 Å². The predicted molar refractivity (Wildman–Crippen MR) is 96.7 cm³/mol. The molecule has 0 aliphatic carbocycles. The summed E-state index contributed by atoms with van der Waals surface area (Å²) in [6.07, 6.45) is 0. The van der Waals surface area contributed by atoms with Gasteiger partial charge >= 0.3 is 0 Å². The summed E-state index contributed by atoms with van der Waals surface area (Å²) in [4.78, 5) is 25.7. The Bertz CT molecular complexity index is 726. The third kappa shape index (κ3) is 4.66. The van der Waals surface area contributed by atoms with Gasteiger partial charge in [-0.15, -0.1) is 0 Å². The fraction of sp³-hybridized carbons (Fsp3) is 0.222. The number of nitrogens with one attached hydrogen (secondary N) is 1. The molecule has 0 aliphatic rings. The van der Waals surface area contributed by atoms with Crippen molar-refractivity contribution in [3.8, 4) is 0 Å². The molecule has 0 aromatic heterocycles. The topological polar surface area (TPSA) is 49.4 Å². The fourth-order valence-electron chi connectivity index (χ4n) is 2.27. The summed E-state index contributed by atoms with van der Waals surface area (Å²) in [5.41, 5.74) is 3.51. The maximum atomic E-state index is 12.2. The van der Waals surface area contributed by atoms with E-state index in [1.54, 1.807) is 0 Å². The van der Waals surface area contributed by atoms with Gasteiger partial charge < -0.3 is 10.2 Å². The minimum atomic E-state index is -0.230. The highest BCUT2D eigenvalue weighted by Gasteiger charge is 2.17. The van der Waals surface area contributed by atoms with Crippen LogP contribution in [0.15, 0.2) is 46.9 Å². The molecule has 0 spiro atoms. The first-order valence-corrected chi connectivity index (χ1v) is 8.07. The number of nitrogens with zero attached hydrogens (tertiary/aromatic N) is 1. The number of carbonyl (C=O) groups is 2. The van der Waals surface area contributed by atoms with Crippen molar-refractivity contribution >= 4 is 39.1 Å². The summed E-state index contributed by atoms with van der Waals surface area (Å²) in [5.74, 6) is -0.402. The van der Waals surface area contributed by atoms with Crippen molar-refractivity contribution in [2.45, 2.75) is 20.8 Å². The van der Waals surface area contributed by atoms with Crippen LogP contribution < -0.4 is 10.2 Å². The Hall–Kier alpha value is -2.14. The standard InChI is InChI=1S/C18H19BrN2O2/c1-12-4-7-16(8-5-12)20-18(23)11-21(14(3)22)17-9-6-15(19)10-13(17)2/h4-10H,11H2,1-3H3,(H,20,23). The molecule has 0 heterocycles. The molecule has 120 valence electrons. The van der Waals surface area contributed by atoms with Crippen LogP contribution in [0, 0.1) is 13.8 Å². The average Bonchev–Trinajstić information content (AvgIpc) is 2.48. The lowest BCUT2D eigenvalue weighted by Crippen LogP contribution is -2.37. The molecule has 2 aromatic rings. The first-order chi connectivity index (χ1) is 10.9. The highest BCUT2D eigenvalue weighted by atomic mass is 79.9. The smallest absolute Gasteiger partial charge is 0.244 e. The second-order valence-corrected chi connectivity index (χ2v) is 6.37. The van der Waals surface area contributed by atoms with Crippen molar-refractivity contribution in [2.24, 2.45) is 0 Å². The van der Waals surface area contributed by atoms with Gasteiger partial charge in [-0.3, -0.25) is 9.59 Å². The molecule has 0 aliphatic heterocycles. The van der Waals surface area contributed by atoms with Gasteiger partial charge in [-0.2, -0.15) is 0 Å². The molecule has 1 N–H and O–H groups in total. The fourth-order valence-corrected chi connectivity index (χ4v) is 2.74. The minimum absolute atomic E-state index is 0.0221. The summed E-state index contributed by atoms with van der Waals surface area (Å²) in [5, 5.41) is 2.81. The molecular formula is C18H19BrN2O2. The number of carbonyl (C=O) groups excluding carboxylic acids is 2. The van der Waals surface area contributed by atoms with Crippen LogP contribution in [-0.2, 0) is 9.59 Å². The van der Waals surface area contributed by atoms with Gasteiger partial charge in [0, 0.05) is 22.8 Å². The van der Waals surface area contributed by atoms with Crippen LogP contribution in [0.25, 0.3) is 0 Å². The Morgan fingerprint density at radius 2 is 1.74 bits per heavy atom. The summed E-state index contributed by atoms with van der Waals surface area (Å²) in [6.45, 7) is 5.33. The zero-order valence-corrected chi connectivity index (χ0v) is 15.0. The SMILES string of the molecule is CC(=O)N(CC(=O)Nc1ccc(C)cc1)c1ccc(Br)cc1C. The first kappa shape index (κ1) is 17.2. The molecule has 0 atom stereocenters. The Morgan fingerprint density at radius 1 is 1.09 bits per heavy atom. The van der Waals surface area contributed by atoms with E-state index in [0.29, 0.717) is 0 Å². The van der Waals surface area contributed by atoms with Gasteiger partial charge in [0.1, 0.15) is 6.54 Å². The number of amides is 2. The van der Waals surface area contributed by atoms with Gasteiger partial charge in [-0.1, -0.05) is 33.6 Å². The van der Waals surface area contributed by atoms with Crippen molar-refractivity contribution in [1.82, 2.24) is 0 Å². The first-order valence-electron chi connectivity index (χ1n) is 7.27. The Morgan fingerprint density at radius 3 is 2.30 bits per heavy atom. The maximum absolute atomic E-state index is 12.2. The number of aryl methyl sites for hydroxylation is 2. The molecule has 0 fully saturated rings. The molecule has 5 heteroatoms. The van der Waals surface area contributed by atoms with Crippen LogP contribution in [0.4, 0.5) is 11.4 Å². The van der Waals surface area contributed by atoms with E-state index < -0.39 is 0 Å². The monoisotopic (exact) mass is 374 g/mol. The molecular weight excluding hydrogens is 356 g/mol. The van der Waals surface area contributed by atoms with Crippen LogP contribution in [-0.4, -0.2) is 18.4 Å². The van der Waals surface area contributed by atoms with Gasteiger partial charge in [0.05, 0.1) is 0 Å². The van der Waals surface area contributed by atoms with E-state index in [0.717, 1.165) is 27.0 Å². The van der Waals surface area contributed by atoms with Crippen LogP contribution in [0.3, 0.4) is 0 Å². The lowest BCUT2D eigenvalue weighted by atomic mass is 10.1. The minimum Gasteiger partial charge on any atom is -0.325 e. The quantitative estimate of drug-likeness (QED) is 0.876. The number of halogens is 1. The highest BCUT2D eigenvalue weighted by molar-refractivity contribution is 9.10. The van der Waals surface area contributed by atoms with Crippen molar-refractivity contribution in [3.63, 3.8) is 0 Å². The zero-order chi connectivity index (χ0) is 17.0. The average molecular weight is 375 g/mol. The van der Waals surface area contributed by atoms with Crippen LogP contribution in [0.2, 0.25) is 0 Å². The number of rotatable bonds is 4. The van der Waals surface area contributed by atoms with E-state index in [9.17, 15) is 9.59 Å². The third-order valence-electron chi connectivity index (χ3n) is 3.47. The Balaban J connectivity index is 2.14. The van der Waals surface area contributed by atoms with Crippen molar-refractivity contribution in [1.29, 1.82) is 0 Å². The van der Waals surface area contributed by atoms with Crippen LogP contribution in [0.1, 0.15) is 18.1 Å². The van der Waals surface area contributed by atoms with E-state index in [1.807, 2.05) is 56.3 Å². The molecule has 2 amide bonds. The predicted octanol–water partition coefficient (Wildman–Crippen LogP) is 4.06. The Kier molecular flexibility index (Phi) is 5.55. The number of benzene rings is 2. The Labute approximate surface area is 144 Å². The molecule has 0 saturated carbocycles. The molecule has 0 bridgehead atoms. The maximum Gasteiger partial charge on any atom is 0.244 e. The molecule has 0 unspecified atom stereocenters. The number of anilines is 2. The van der Waals surface area contributed by atoms with Crippen LogP contribution >= 0.6 is 15.9 Å². The number of hydrogen-bond donors (Lipinski definition) is 1. The largest absolute Gasteiger partial charge is 0.325 e. The molecule has 0 radical (unpaired) electrons. The van der Waals surface area contributed by atoms with Crippen molar-refractivity contribution in [2.75, 3.05) is 16.8 Å². The van der Waals surface area contributed by atoms with E-state index >= 15 is 0 Å².